The number of amides is 1. The van der Waals surface area contributed by atoms with Gasteiger partial charge in [0.2, 0.25) is 5.91 Å². The lowest BCUT2D eigenvalue weighted by Crippen LogP contribution is -2.58. The zero-order valence-electron chi connectivity index (χ0n) is 17.4. The molecule has 0 saturated carbocycles. The minimum atomic E-state index is -0.965. The Hall–Kier alpha value is -2.95. The summed E-state index contributed by atoms with van der Waals surface area (Å²) in [5.41, 5.74) is 9.76. The second-order valence-electron chi connectivity index (χ2n) is 8.38. The summed E-state index contributed by atoms with van der Waals surface area (Å²) < 4.78 is 18.5. The summed E-state index contributed by atoms with van der Waals surface area (Å²) in [6.07, 6.45) is 2.22. The van der Waals surface area contributed by atoms with E-state index in [9.17, 15) is 14.4 Å². The molecule has 0 aromatic heterocycles. The van der Waals surface area contributed by atoms with Crippen molar-refractivity contribution in [2.75, 3.05) is 24.7 Å². The fraction of sp³-hybridized carbons (Fsp3) is 0.417. The normalized spacial score (nSPS) is 18.5. The maximum absolute atomic E-state index is 13.2. The average molecular weight is 423 g/mol. The van der Waals surface area contributed by atoms with Crippen molar-refractivity contribution in [3.8, 4) is 6.07 Å². The molecule has 2 aromatic carbocycles. The smallest absolute Gasteiger partial charge is 0.241 e. The summed E-state index contributed by atoms with van der Waals surface area (Å²) in [5.74, 6) is -0.516. The topological polar surface area (TPSA) is 91.4 Å². The van der Waals surface area contributed by atoms with E-state index < -0.39 is 11.6 Å². The molecule has 6 nitrogen and oxygen atoms in total. The highest BCUT2D eigenvalue weighted by atomic mass is 19.1. The Bertz CT molecular complexity index is 980. The van der Waals surface area contributed by atoms with Crippen LogP contribution in [-0.2, 0) is 28.9 Å². The second kappa shape index (κ2) is 9.04. The highest BCUT2D eigenvalue weighted by Crippen LogP contribution is 2.26. The standard InChI is InChI=1S/C24H27FN4O2/c25-20-3-5-22(6-4-20)29-10-7-18-13-17(1-2-19(18)16-29)14-21(15-26)28-23(30)24(27)8-11-31-12-9-24/h1-6,13,21H,7-12,14,16,27H2,(H,28,30). The fourth-order valence-electron chi connectivity index (χ4n) is 4.23. The van der Waals surface area contributed by atoms with Crippen molar-refractivity contribution in [3.63, 3.8) is 0 Å². The fourth-order valence-corrected chi connectivity index (χ4v) is 4.23. The predicted octanol–water partition coefficient (Wildman–Crippen LogP) is 2.45. The van der Waals surface area contributed by atoms with Gasteiger partial charge in [-0.05, 0) is 60.2 Å². The third kappa shape index (κ3) is 4.87. The molecular formula is C24H27FN4O2. The lowest BCUT2D eigenvalue weighted by Gasteiger charge is -2.32. The Balaban J connectivity index is 1.40. The zero-order chi connectivity index (χ0) is 21.8. The van der Waals surface area contributed by atoms with Crippen LogP contribution in [0, 0.1) is 17.1 Å². The van der Waals surface area contributed by atoms with Crippen LogP contribution >= 0.6 is 0 Å². The van der Waals surface area contributed by atoms with E-state index >= 15 is 0 Å². The monoisotopic (exact) mass is 422 g/mol. The number of ether oxygens (including phenoxy) is 1. The lowest BCUT2D eigenvalue weighted by molar-refractivity contribution is -0.130. The number of carbonyl (C=O) groups is 1. The molecule has 162 valence electrons. The van der Waals surface area contributed by atoms with Crippen LogP contribution < -0.4 is 16.0 Å². The van der Waals surface area contributed by atoms with Crippen LogP contribution in [0.25, 0.3) is 0 Å². The van der Waals surface area contributed by atoms with Crippen molar-refractivity contribution in [2.24, 2.45) is 5.73 Å². The molecule has 2 heterocycles. The number of hydrogen-bond acceptors (Lipinski definition) is 5. The summed E-state index contributed by atoms with van der Waals surface area (Å²) in [6.45, 7) is 2.53. The molecule has 31 heavy (non-hydrogen) atoms. The molecule has 1 unspecified atom stereocenters. The quantitative estimate of drug-likeness (QED) is 0.772. The maximum Gasteiger partial charge on any atom is 0.241 e. The third-order valence-electron chi connectivity index (χ3n) is 6.21. The first-order chi connectivity index (χ1) is 15.0. The van der Waals surface area contributed by atoms with Gasteiger partial charge in [0, 0.05) is 38.4 Å². The first-order valence-corrected chi connectivity index (χ1v) is 10.7. The van der Waals surface area contributed by atoms with E-state index in [2.05, 4.69) is 28.4 Å². The van der Waals surface area contributed by atoms with Crippen molar-refractivity contribution >= 4 is 11.6 Å². The van der Waals surface area contributed by atoms with Crippen molar-refractivity contribution in [1.82, 2.24) is 5.32 Å². The molecule has 2 aliphatic rings. The van der Waals surface area contributed by atoms with E-state index in [1.54, 1.807) is 12.1 Å². The van der Waals surface area contributed by atoms with Gasteiger partial charge in [-0.3, -0.25) is 4.79 Å². The van der Waals surface area contributed by atoms with Gasteiger partial charge < -0.3 is 20.7 Å². The van der Waals surface area contributed by atoms with Crippen LogP contribution in [0.3, 0.4) is 0 Å². The lowest BCUT2D eigenvalue weighted by atomic mass is 9.89. The number of rotatable bonds is 5. The summed E-state index contributed by atoms with van der Waals surface area (Å²) in [6, 6.07) is 14.4. The zero-order valence-corrected chi connectivity index (χ0v) is 17.4. The number of anilines is 1. The molecule has 4 rings (SSSR count). The molecule has 1 atom stereocenters. The molecule has 1 fully saturated rings. The van der Waals surface area contributed by atoms with Crippen LogP contribution in [0.1, 0.15) is 29.5 Å². The molecule has 2 aliphatic heterocycles. The number of fused-ring (bicyclic) bond motifs is 1. The minimum Gasteiger partial charge on any atom is -0.381 e. The molecule has 3 N–H and O–H groups in total. The maximum atomic E-state index is 13.2. The minimum absolute atomic E-state index is 0.234. The van der Waals surface area contributed by atoms with E-state index in [0.717, 1.165) is 30.8 Å². The number of nitrogens with zero attached hydrogens (tertiary/aromatic N) is 2. The van der Waals surface area contributed by atoms with E-state index in [1.807, 2.05) is 6.07 Å². The first-order valence-electron chi connectivity index (χ1n) is 10.7. The van der Waals surface area contributed by atoms with Gasteiger partial charge >= 0.3 is 0 Å². The van der Waals surface area contributed by atoms with Gasteiger partial charge in [-0.25, -0.2) is 4.39 Å². The Kier molecular flexibility index (Phi) is 6.21. The summed E-state index contributed by atoms with van der Waals surface area (Å²) in [7, 11) is 0. The number of nitrogens with one attached hydrogen (secondary N) is 1. The van der Waals surface area contributed by atoms with Crippen LogP contribution in [0.2, 0.25) is 0 Å². The Labute approximate surface area is 181 Å². The molecule has 0 spiro atoms. The van der Waals surface area contributed by atoms with Crippen LogP contribution in [0.15, 0.2) is 42.5 Å². The summed E-state index contributed by atoms with van der Waals surface area (Å²) in [4.78, 5) is 14.9. The molecule has 2 aromatic rings. The number of nitrogens with two attached hydrogens (primary N) is 1. The van der Waals surface area contributed by atoms with Crippen molar-refractivity contribution in [2.45, 2.75) is 43.8 Å². The van der Waals surface area contributed by atoms with Crippen LogP contribution in [0.4, 0.5) is 10.1 Å². The van der Waals surface area contributed by atoms with Gasteiger partial charge in [-0.15, -0.1) is 0 Å². The molecular weight excluding hydrogens is 395 g/mol. The number of benzene rings is 2. The molecule has 1 saturated heterocycles. The van der Waals surface area contributed by atoms with Gasteiger partial charge in [-0.1, -0.05) is 18.2 Å². The Morgan fingerprint density at radius 3 is 2.68 bits per heavy atom. The Morgan fingerprint density at radius 1 is 1.23 bits per heavy atom. The van der Waals surface area contributed by atoms with Gasteiger partial charge in [-0.2, -0.15) is 5.26 Å². The SMILES string of the molecule is N#CC(Cc1ccc2c(c1)CCN(c1ccc(F)cc1)C2)NC(=O)C1(N)CCOCC1. The van der Waals surface area contributed by atoms with Gasteiger partial charge in [0.15, 0.2) is 0 Å². The van der Waals surface area contributed by atoms with E-state index in [-0.39, 0.29) is 11.7 Å². The van der Waals surface area contributed by atoms with Gasteiger partial charge in [0.05, 0.1) is 11.6 Å². The van der Waals surface area contributed by atoms with Crippen molar-refractivity contribution in [3.05, 3.63) is 65.0 Å². The van der Waals surface area contributed by atoms with Crippen LogP contribution in [0.5, 0.6) is 0 Å². The van der Waals surface area contributed by atoms with Gasteiger partial charge in [0.1, 0.15) is 11.9 Å². The number of nitriles is 1. The molecule has 0 bridgehead atoms. The highest BCUT2D eigenvalue weighted by Gasteiger charge is 2.36. The van der Waals surface area contributed by atoms with Crippen LogP contribution in [-0.4, -0.2) is 37.2 Å². The highest BCUT2D eigenvalue weighted by molar-refractivity contribution is 5.86. The summed E-state index contributed by atoms with van der Waals surface area (Å²) >= 11 is 0. The largest absolute Gasteiger partial charge is 0.381 e. The number of halogens is 1. The van der Waals surface area contributed by atoms with E-state index in [1.165, 1.54) is 23.3 Å². The average Bonchev–Trinajstić information content (AvgIpc) is 2.79. The van der Waals surface area contributed by atoms with Crippen molar-refractivity contribution in [1.29, 1.82) is 5.26 Å². The molecule has 7 heteroatoms. The number of carbonyl (C=O) groups excluding carboxylic acids is 1. The Morgan fingerprint density at radius 2 is 1.97 bits per heavy atom. The molecule has 0 radical (unpaired) electrons. The number of hydrogen-bond donors (Lipinski definition) is 2. The molecule has 1 amide bonds. The van der Waals surface area contributed by atoms with E-state index in [0.29, 0.717) is 32.5 Å². The first kappa shape index (κ1) is 21.3. The van der Waals surface area contributed by atoms with Crippen molar-refractivity contribution < 1.29 is 13.9 Å². The predicted molar refractivity (Wildman–Crippen MR) is 116 cm³/mol. The third-order valence-corrected chi connectivity index (χ3v) is 6.21. The molecule has 0 aliphatic carbocycles. The van der Waals surface area contributed by atoms with E-state index in [4.69, 9.17) is 10.5 Å². The second-order valence-corrected chi connectivity index (χ2v) is 8.38. The summed E-state index contributed by atoms with van der Waals surface area (Å²) in [5, 5.41) is 12.4. The van der Waals surface area contributed by atoms with Gasteiger partial charge in [0.25, 0.3) is 0 Å².